The van der Waals surface area contributed by atoms with E-state index in [-0.39, 0.29) is 24.6 Å². The number of amides is 1. The van der Waals surface area contributed by atoms with Crippen LogP contribution in [0.1, 0.15) is 28.2 Å². The predicted molar refractivity (Wildman–Crippen MR) is 116 cm³/mol. The maximum absolute atomic E-state index is 12.9. The number of fused-ring (bicyclic) bond motifs is 3. The van der Waals surface area contributed by atoms with E-state index in [4.69, 9.17) is 10.5 Å². The molecule has 2 aromatic carbocycles. The second-order valence-electron chi connectivity index (χ2n) is 7.31. The summed E-state index contributed by atoms with van der Waals surface area (Å²) in [7, 11) is 0. The number of carbonyl (C=O) groups excluding carboxylic acids is 1. The van der Waals surface area contributed by atoms with Gasteiger partial charge in [-0.15, -0.1) is 0 Å². The molecule has 1 amide bonds. The van der Waals surface area contributed by atoms with Crippen molar-refractivity contribution in [1.29, 1.82) is 0 Å². The van der Waals surface area contributed by atoms with E-state index in [0.717, 1.165) is 28.3 Å². The highest BCUT2D eigenvalue weighted by Gasteiger charge is 2.33. The second-order valence-corrected chi connectivity index (χ2v) is 7.31. The Morgan fingerprint density at radius 2 is 1.72 bits per heavy atom. The monoisotopic (exact) mass is 439 g/mol. The van der Waals surface area contributed by atoms with Gasteiger partial charge in [0.15, 0.2) is 0 Å². The smallest absolute Gasteiger partial charge is 0.419 e. The number of halogens is 3. The molecule has 1 heterocycles. The Morgan fingerprint density at radius 3 is 2.34 bits per heavy atom. The Balaban J connectivity index is 1.33. The third-order valence-corrected chi connectivity index (χ3v) is 5.26. The highest BCUT2D eigenvalue weighted by atomic mass is 19.4. The number of rotatable bonds is 5. The minimum Gasteiger partial charge on any atom is -0.449 e. The number of benzene rings is 2. The van der Waals surface area contributed by atoms with Crippen LogP contribution in [-0.4, -0.2) is 24.2 Å². The number of alkyl halides is 3. The third kappa shape index (κ3) is 4.44. The second kappa shape index (κ2) is 8.74. The number of pyridine rings is 1. The fourth-order valence-corrected chi connectivity index (χ4v) is 3.80. The third-order valence-electron chi connectivity index (χ3n) is 5.26. The van der Waals surface area contributed by atoms with E-state index in [9.17, 15) is 18.0 Å². The molecule has 0 atom stereocenters. The lowest BCUT2D eigenvalue weighted by molar-refractivity contribution is -0.137. The van der Waals surface area contributed by atoms with Crippen LogP contribution in [0.15, 0.2) is 66.9 Å². The highest BCUT2D eigenvalue weighted by Crippen LogP contribution is 2.44. The van der Waals surface area contributed by atoms with E-state index in [1.54, 1.807) is 0 Å². The molecule has 5 nitrogen and oxygen atoms in total. The molecule has 1 aliphatic carbocycles. The Hall–Kier alpha value is -3.81. The zero-order valence-corrected chi connectivity index (χ0v) is 16.9. The van der Waals surface area contributed by atoms with Gasteiger partial charge in [-0.25, -0.2) is 9.78 Å². The average molecular weight is 439 g/mol. The zero-order valence-electron chi connectivity index (χ0n) is 16.9. The summed E-state index contributed by atoms with van der Waals surface area (Å²) in [5.41, 5.74) is 9.00. The maximum atomic E-state index is 12.9. The van der Waals surface area contributed by atoms with E-state index in [1.807, 2.05) is 36.4 Å². The van der Waals surface area contributed by atoms with Gasteiger partial charge in [-0.05, 0) is 33.9 Å². The molecule has 4 rings (SSSR count). The normalized spacial score (nSPS) is 13.1. The standard InChI is InChI=1S/C24H20F3N3O2/c25-24(26,27)21-12-15(13-30-22(21)28)6-5-11-29-23(31)32-14-20-18-9-3-1-7-16(18)17-8-2-4-10-19(17)20/h1-10,12-13,20H,11,14H2,(H2,28,30)(H,29,31). The van der Waals surface area contributed by atoms with Crippen LogP contribution >= 0.6 is 0 Å². The Labute approximate surface area is 182 Å². The van der Waals surface area contributed by atoms with E-state index in [0.29, 0.717) is 0 Å². The number of ether oxygens (including phenoxy) is 1. The van der Waals surface area contributed by atoms with E-state index in [1.165, 1.54) is 18.3 Å². The summed E-state index contributed by atoms with van der Waals surface area (Å²) in [5.74, 6) is -0.628. The summed E-state index contributed by atoms with van der Waals surface area (Å²) in [5, 5.41) is 2.57. The first-order valence-electron chi connectivity index (χ1n) is 9.92. The van der Waals surface area contributed by atoms with Crippen LogP contribution in [0.4, 0.5) is 23.8 Å². The minimum absolute atomic E-state index is 0.0506. The number of hydrogen-bond donors (Lipinski definition) is 2. The molecule has 0 aliphatic heterocycles. The fraction of sp³-hybridized carbons (Fsp3) is 0.167. The molecule has 8 heteroatoms. The van der Waals surface area contributed by atoms with E-state index in [2.05, 4.69) is 22.4 Å². The van der Waals surface area contributed by atoms with Gasteiger partial charge >= 0.3 is 12.3 Å². The number of nitrogens with one attached hydrogen (secondary N) is 1. The van der Waals surface area contributed by atoms with Gasteiger partial charge in [0.2, 0.25) is 0 Å². The number of hydrogen-bond acceptors (Lipinski definition) is 4. The van der Waals surface area contributed by atoms with Crippen LogP contribution in [0.3, 0.4) is 0 Å². The summed E-state index contributed by atoms with van der Waals surface area (Å²) >= 11 is 0. The molecular formula is C24H20F3N3O2. The lowest BCUT2D eigenvalue weighted by Crippen LogP contribution is -2.26. The number of alkyl carbamates (subject to hydrolysis) is 1. The lowest BCUT2D eigenvalue weighted by Gasteiger charge is -2.14. The van der Waals surface area contributed by atoms with Gasteiger partial charge < -0.3 is 15.8 Å². The van der Waals surface area contributed by atoms with Crippen molar-refractivity contribution < 1.29 is 22.7 Å². The molecule has 1 aliphatic rings. The summed E-state index contributed by atoms with van der Waals surface area (Å²) in [6.45, 7) is 0.267. The van der Waals surface area contributed by atoms with Crippen molar-refractivity contribution in [2.45, 2.75) is 12.1 Å². The number of nitrogens with zero attached hydrogens (tertiary/aromatic N) is 1. The molecule has 0 fully saturated rings. The Bertz CT molecular complexity index is 1130. The predicted octanol–water partition coefficient (Wildman–Crippen LogP) is 5.23. The molecular weight excluding hydrogens is 419 g/mol. The summed E-state index contributed by atoms with van der Waals surface area (Å²) in [4.78, 5) is 15.7. The minimum atomic E-state index is -4.58. The zero-order chi connectivity index (χ0) is 22.7. The van der Waals surface area contributed by atoms with Crippen LogP contribution in [0.5, 0.6) is 0 Å². The molecule has 0 saturated heterocycles. The van der Waals surface area contributed by atoms with Crippen molar-refractivity contribution in [1.82, 2.24) is 10.3 Å². The molecule has 0 spiro atoms. The molecule has 32 heavy (non-hydrogen) atoms. The number of nitrogens with two attached hydrogens (primary N) is 1. The number of nitrogen functional groups attached to an aromatic ring is 1. The van der Waals surface area contributed by atoms with Crippen molar-refractivity contribution >= 4 is 18.0 Å². The highest BCUT2D eigenvalue weighted by molar-refractivity contribution is 5.79. The van der Waals surface area contributed by atoms with Gasteiger partial charge in [0.1, 0.15) is 12.4 Å². The van der Waals surface area contributed by atoms with Crippen molar-refractivity contribution in [3.63, 3.8) is 0 Å². The molecule has 0 saturated carbocycles. The van der Waals surface area contributed by atoms with E-state index >= 15 is 0 Å². The summed E-state index contributed by atoms with van der Waals surface area (Å²) < 4.78 is 44.1. The van der Waals surface area contributed by atoms with Crippen molar-refractivity contribution in [3.05, 3.63) is 89.1 Å². The first-order valence-corrected chi connectivity index (χ1v) is 9.92. The maximum Gasteiger partial charge on any atom is 0.419 e. The van der Waals surface area contributed by atoms with Gasteiger partial charge in [-0.1, -0.05) is 60.7 Å². The van der Waals surface area contributed by atoms with Crippen LogP contribution in [-0.2, 0) is 10.9 Å². The molecule has 3 N–H and O–H groups in total. The molecule has 3 aromatic rings. The van der Waals surface area contributed by atoms with Crippen molar-refractivity contribution in [3.8, 4) is 11.1 Å². The summed E-state index contributed by atoms with van der Waals surface area (Å²) in [6.07, 6.45) is -1.03. The van der Waals surface area contributed by atoms with Crippen LogP contribution in [0, 0.1) is 0 Å². The Kier molecular flexibility index (Phi) is 5.85. The quantitative estimate of drug-likeness (QED) is 0.570. The topological polar surface area (TPSA) is 77.2 Å². The van der Waals surface area contributed by atoms with Gasteiger partial charge in [0, 0.05) is 18.7 Å². The number of aromatic nitrogens is 1. The van der Waals surface area contributed by atoms with Gasteiger partial charge in [-0.2, -0.15) is 13.2 Å². The van der Waals surface area contributed by atoms with Crippen LogP contribution in [0.25, 0.3) is 17.2 Å². The largest absolute Gasteiger partial charge is 0.449 e. The molecule has 0 unspecified atom stereocenters. The first-order chi connectivity index (χ1) is 15.3. The van der Waals surface area contributed by atoms with Crippen molar-refractivity contribution in [2.75, 3.05) is 18.9 Å². The fourth-order valence-electron chi connectivity index (χ4n) is 3.80. The molecule has 1 aromatic heterocycles. The van der Waals surface area contributed by atoms with Crippen LogP contribution in [0.2, 0.25) is 0 Å². The number of carbonyl (C=O) groups is 1. The molecule has 164 valence electrons. The SMILES string of the molecule is Nc1ncc(C=CCNC(=O)OCC2c3ccccc3-c3ccccc32)cc1C(F)(F)F. The van der Waals surface area contributed by atoms with E-state index < -0.39 is 23.7 Å². The van der Waals surface area contributed by atoms with Crippen LogP contribution < -0.4 is 11.1 Å². The number of anilines is 1. The lowest BCUT2D eigenvalue weighted by atomic mass is 9.98. The average Bonchev–Trinajstić information content (AvgIpc) is 3.09. The van der Waals surface area contributed by atoms with Gasteiger partial charge in [-0.3, -0.25) is 0 Å². The Morgan fingerprint density at radius 1 is 1.09 bits per heavy atom. The summed E-state index contributed by atoms with van der Waals surface area (Å²) in [6, 6.07) is 16.9. The molecule has 0 radical (unpaired) electrons. The first kappa shape index (κ1) is 21.4. The molecule has 0 bridgehead atoms. The van der Waals surface area contributed by atoms with Gasteiger partial charge in [0.05, 0.1) is 5.56 Å². The van der Waals surface area contributed by atoms with Gasteiger partial charge in [0.25, 0.3) is 0 Å². The van der Waals surface area contributed by atoms with Crippen molar-refractivity contribution in [2.24, 2.45) is 0 Å².